The molecule has 3 heterocycles. The van der Waals surface area contributed by atoms with Crippen LogP contribution in [0.2, 0.25) is 0 Å². The average molecular weight is 330 g/mol. The zero-order valence-corrected chi connectivity index (χ0v) is 14.3. The lowest BCUT2D eigenvalue weighted by Crippen LogP contribution is -2.62. The van der Waals surface area contributed by atoms with Crippen LogP contribution in [0.5, 0.6) is 0 Å². The van der Waals surface area contributed by atoms with Crippen LogP contribution in [0.3, 0.4) is 0 Å². The molecule has 2 saturated heterocycles. The first-order valence-electron chi connectivity index (χ1n) is 9.40. The number of allylic oxidation sites excluding steroid dienone is 1. The Balaban J connectivity index is 1.67. The van der Waals surface area contributed by atoms with E-state index < -0.39 is 5.60 Å². The lowest BCUT2D eigenvalue weighted by Gasteiger charge is -2.47. The summed E-state index contributed by atoms with van der Waals surface area (Å²) < 4.78 is 0. The van der Waals surface area contributed by atoms with E-state index in [4.69, 9.17) is 0 Å². The first-order valence-corrected chi connectivity index (χ1v) is 9.40. The molecule has 6 atom stereocenters. The third-order valence-corrected chi connectivity index (χ3v) is 7.39. The second-order valence-electron chi connectivity index (χ2n) is 8.71. The first kappa shape index (κ1) is 15.2. The number of likely N-dealkylation sites (N-methyl/N-ethyl adjacent to an activating group) is 1. The van der Waals surface area contributed by atoms with Crippen LogP contribution in [-0.4, -0.2) is 70.3 Å². The minimum absolute atomic E-state index is 0.164. The lowest BCUT2D eigenvalue weighted by atomic mass is 9.65. The van der Waals surface area contributed by atoms with Crippen molar-refractivity contribution in [1.29, 1.82) is 0 Å². The molecule has 0 amide bonds. The number of rotatable bonds is 0. The summed E-state index contributed by atoms with van der Waals surface area (Å²) in [6.45, 7) is 1.87. The van der Waals surface area contributed by atoms with Crippen LogP contribution in [0.25, 0.3) is 0 Å². The minimum atomic E-state index is -0.797. The van der Waals surface area contributed by atoms with Crippen LogP contribution < -0.4 is 0 Å². The molecule has 5 heteroatoms. The molecule has 2 aliphatic carbocycles. The van der Waals surface area contributed by atoms with E-state index in [9.17, 15) is 14.7 Å². The van der Waals surface area contributed by atoms with Crippen LogP contribution in [-0.2, 0) is 9.59 Å². The summed E-state index contributed by atoms with van der Waals surface area (Å²) in [6.07, 6.45) is 6.25. The Hall–Kier alpha value is -1.04. The molecule has 0 unspecified atom stereocenters. The third kappa shape index (κ3) is 1.98. The predicted octanol–water partition coefficient (Wildman–Crippen LogP) is 0.763. The van der Waals surface area contributed by atoms with Gasteiger partial charge in [0.2, 0.25) is 0 Å². The second kappa shape index (κ2) is 4.99. The number of hydrogen-bond donors (Lipinski definition) is 1. The Morgan fingerprint density at radius 2 is 1.96 bits per heavy atom. The molecule has 3 fully saturated rings. The molecule has 1 saturated carbocycles. The fraction of sp³-hybridized carbons (Fsp3) is 0.789. The fourth-order valence-corrected chi connectivity index (χ4v) is 6.23. The molecular formula is C19H26N2O3. The average Bonchev–Trinajstić information content (AvgIpc) is 2.84. The van der Waals surface area contributed by atoms with Crippen molar-refractivity contribution in [2.45, 2.75) is 62.3 Å². The number of carbonyl (C=O) groups is 2. The molecule has 24 heavy (non-hydrogen) atoms. The molecule has 5 aliphatic rings. The van der Waals surface area contributed by atoms with Gasteiger partial charge in [-0.05, 0) is 32.7 Å². The Bertz CT molecular complexity index is 645. The molecule has 0 spiro atoms. The minimum Gasteiger partial charge on any atom is -0.388 e. The number of hydrogen-bond acceptors (Lipinski definition) is 5. The van der Waals surface area contributed by atoms with Crippen molar-refractivity contribution >= 4 is 11.6 Å². The van der Waals surface area contributed by atoms with Crippen LogP contribution in [0.1, 0.15) is 38.5 Å². The van der Waals surface area contributed by atoms with Gasteiger partial charge in [0, 0.05) is 55.9 Å². The Labute approximate surface area is 142 Å². The quantitative estimate of drug-likeness (QED) is 0.665. The Morgan fingerprint density at radius 3 is 2.79 bits per heavy atom. The van der Waals surface area contributed by atoms with Crippen molar-refractivity contribution in [3.05, 3.63) is 11.6 Å². The standard InChI is InChI=1S/C19H26N2O3/c1-20-9-13-8-19(24)5-4-16(23)17-14-7-11(2-3-15(14)22)6-12(20)10-21(13)18(17)19/h7,12-14,17-18,24H,2-6,8-10H2,1H3/t12-,13-,14-,17-,18+,19-/m0/s1. The molecule has 4 bridgehead atoms. The summed E-state index contributed by atoms with van der Waals surface area (Å²) >= 11 is 0. The second-order valence-corrected chi connectivity index (χ2v) is 8.71. The fourth-order valence-electron chi connectivity index (χ4n) is 6.23. The molecule has 3 aliphatic heterocycles. The van der Waals surface area contributed by atoms with Crippen molar-refractivity contribution in [1.82, 2.24) is 9.80 Å². The van der Waals surface area contributed by atoms with Crippen molar-refractivity contribution in [3.63, 3.8) is 0 Å². The van der Waals surface area contributed by atoms with Gasteiger partial charge in [-0.1, -0.05) is 11.6 Å². The lowest BCUT2D eigenvalue weighted by molar-refractivity contribution is -0.145. The predicted molar refractivity (Wildman–Crippen MR) is 88.4 cm³/mol. The molecule has 130 valence electrons. The van der Waals surface area contributed by atoms with E-state index in [1.54, 1.807) is 0 Å². The maximum atomic E-state index is 12.9. The van der Waals surface area contributed by atoms with Gasteiger partial charge in [0.15, 0.2) is 0 Å². The van der Waals surface area contributed by atoms with E-state index in [0.717, 1.165) is 32.4 Å². The zero-order chi connectivity index (χ0) is 16.6. The van der Waals surface area contributed by atoms with E-state index in [1.165, 1.54) is 5.57 Å². The zero-order valence-electron chi connectivity index (χ0n) is 14.3. The van der Waals surface area contributed by atoms with Crippen molar-refractivity contribution in [2.75, 3.05) is 20.1 Å². The number of fused-ring (bicyclic) bond motifs is 3. The summed E-state index contributed by atoms with van der Waals surface area (Å²) in [7, 11) is 2.18. The van der Waals surface area contributed by atoms with Crippen LogP contribution in [0.15, 0.2) is 11.6 Å². The van der Waals surface area contributed by atoms with Gasteiger partial charge in [-0.3, -0.25) is 14.5 Å². The maximum absolute atomic E-state index is 12.9. The number of piperazine rings is 1. The van der Waals surface area contributed by atoms with E-state index in [-0.39, 0.29) is 29.4 Å². The molecule has 5 rings (SSSR count). The van der Waals surface area contributed by atoms with Gasteiger partial charge in [-0.2, -0.15) is 0 Å². The number of carbonyl (C=O) groups excluding carboxylic acids is 2. The molecule has 0 aromatic carbocycles. The van der Waals surface area contributed by atoms with Crippen molar-refractivity contribution in [3.8, 4) is 0 Å². The summed E-state index contributed by atoms with van der Waals surface area (Å²) in [5.74, 6) is -0.241. The van der Waals surface area contributed by atoms with E-state index in [0.29, 0.717) is 31.3 Å². The number of ketones is 2. The Morgan fingerprint density at radius 1 is 1.12 bits per heavy atom. The van der Waals surface area contributed by atoms with Crippen LogP contribution >= 0.6 is 0 Å². The molecule has 0 aromatic rings. The van der Waals surface area contributed by atoms with Crippen molar-refractivity contribution in [2.24, 2.45) is 11.8 Å². The summed E-state index contributed by atoms with van der Waals surface area (Å²) in [5.41, 5.74) is 0.549. The van der Waals surface area contributed by atoms with Gasteiger partial charge < -0.3 is 10.0 Å². The largest absolute Gasteiger partial charge is 0.388 e. The van der Waals surface area contributed by atoms with Gasteiger partial charge in [0.25, 0.3) is 0 Å². The third-order valence-electron chi connectivity index (χ3n) is 7.39. The highest BCUT2D eigenvalue weighted by molar-refractivity contribution is 5.93. The highest BCUT2D eigenvalue weighted by Crippen LogP contribution is 2.50. The summed E-state index contributed by atoms with van der Waals surface area (Å²) in [4.78, 5) is 30.3. The number of nitrogens with zero attached hydrogens (tertiary/aromatic N) is 2. The normalized spacial score (nSPS) is 48.6. The van der Waals surface area contributed by atoms with Crippen LogP contribution in [0.4, 0.5) is 0 Å². The summed E-state index contributed by atoms with van der Waals surface area (Å²) in [5, 5.41) is 11.4. The monoisotopic (exact) mass is 330 g/mol. The maximum Gasteiger partial charge on any atom is 0.140 e. The molecule has 0 radical (unpaired) electrons. The first-order chi connectivity index (χ1) is 11.5. The topological polar surface area (TPSA) is 60.9 Å². The summed E-state index contributed by atoms with van der Waals surface area (Å²) in [6, 6.07) is 0.579. The highest BCUT2D eigenvalue weighted by atomic mass is 16.3. The van der Waals surface area contributed by atoms with Gasteiger partial charge in [-0.25, -0.2) is 0 Å². The Kier molecular flexibility index (Phi) is 3.17. The van der Waals surface area contributed by atoms with Gasteiger partial charge in [-0.15, -0.1) is 0 Å². The number of Topliss-reactive ketones (excluding diaryl/α,β-unsaturated/α-hetero) is 2. The van der Waals surface area contributed by atoms with Gasteiger partial charge >= 0.3 is 0 Å². The molecular weight excluding hydrogens is 304 g/mol. The SMILES string of the molecule is CN1C[C@@H]2C[C@@]3(O)CCC(=O)[C@@H]4[C@H]5C=C(CCC5=O)C[C@H]1CN2[C@H]43. The molecule has 0 aromatic heterocycles. The van der Waals surface area contributed by atoms with E-state index >= 15 is 0 Å². The smallest absolute Gasteiger partial charge is 0.140 e. The van der Waals surface area contributed by atoms with Crippen molar-refractivity contribution < 1.29 is 14.7 Å². The van der Waals surface area contributed by atoms with Crippen LogP contribution in [0, 0.1) is 11.8 Å². The van der Waals surface area contributed by atoms with Gasteiger partial charge in [0.1, 0.15) is 11.6 Å². The highest BCUT2D eigenvalue weighted by Gasteiger charge is 2.61. The van der Waals surface area contributed by atoms with E-state index in [2.05, 4.69) is 22.9 Å². The number of aliphatic hydroxyl groups is 1. The van der Waals surface area contributed by atoms with E-state index in [1.807, 2.05) is 0 Å². The molecule has 1 N–H and O–H groups in total. The van der Waals surface area contributed by atoms with Gasteiger partial charge in [0.05, 0.1) is 5.60 Å². The molecule has 5 nitrogen and oxygen atoms in total.